The minimum absolute atomic E-state index is 0.631. The van der Waals surface area contributed by atoms with E-state index in [1.54, 1.807) is 0 Å². The van der Waals surface area contributed by atoms with Crippen molar-refractivity contribution >= 4 is 0 Å². The second-order valence-corrected chi connectivity index (χ2v) is 2.83. The molecule has 0 aromatic rings. The molecule has 0 amide bonds. The van der Waals surface area contributed by atoms with Gasteiger partial charge in [-0.15, -0.1) is 13.2 Å². The summed E-state index contributed by atoms with van der Waals surface area (Å²) in [7, 11) is 0. The average Bonchev–Trinajstić information content (AvgIpc) is 2.04. The van der Waals surface area contributed by atoms with Gasteiger partial charge >= 0.3 is 0 Å². The molecule has 0 saturated carbocycles. The second kappa shape index (κ2) is 7.55. The van der Waals surface area contributed by atoms with Gasteiger partial charge < -0.3 is 5.32 Å². The van der Waals surface area contributed by atoms with E-state index in [-0.39, 0.29) is 0 Å². The number of rotatable bonds is 7. The van der Waals surface area contributed by atoms with E-state index in [4.69, 9.17) is 0 Å². The summed E-state index contributed by atoms with van der Waals surface area (Å²) in [6.45, 7) is 11.7. The summed E-state index contributed by atoms with van der Waals surface area (Å²) in [5, 5.41) is 3.33. The lowest BCUT2D eigenvalue weighted by Gasteiger charge is -2.05. The highest BCUT2D eigenvalue weighted by atomic mass is 14.8. The fourth-order valence-corrected chi connectivity index (χ4v) is 0.777. The fourth-order valence-electron chi connectivity index (χ4n) is 0.777. The summed E-state index contributed by atoms with van der Waals surface area (Å²) < 4.78 is 0. The molecule has 11 heavy (non-hydrogen) atoms. The van der Waals surface area contributed by atoms with Gasteiger partial charge in [0.05, 0.1) is 0 Å². The summed E-state index contributed by atoms with van der Waals surface area (Å²) >= 11 is 0. The number of hydrogen-bond donors (Lipinski definition) is 1. The molecule has 1 heteroatoms. The third kappa shape index (κ3) is 7.34. The summed E-state index contributed by atoms with van der Waals surface area (Å²) in [6, 6.07) is 0. The van der Waals surface area contributed by atoms with E-state index < -0.39 is 0 Å². The van der Waals surface area contributed by atoms with Crippen molar-refractivity contribution in [3.05, 3.63) is 25.3 Å². The maximum Gasteiger partial charge on any atom is -0.00144 e. The van der Waals surface area contributed by atoms with Crippen molar-refractivity contribution in [2.75, 3.05) is 13.1 Å². The fraction of sp³-hybridized carbons (Fsp3) is 0.600. The molecule has 0 aromatic carbocycles. The van der Waals surface area contributed by atoms with Crippen LogP contribution in [0.2, 0.25) is 0 Å². The van der Waals surface area contributed by atoms with Crippen LogP contribution in [0.1, 0.15) is 19.8 Å². The third-order valence-electron chi connectivity index (χ3n) is 1.70. The Morgan fingerprint density at radius 3 is 2.64 bits per heavy atom. The van der Waals surface area contributed by atoms with Crippen LogP contribution < -0.4 is 5.32 Å². The predicted molar refractivity (Wildman–Crippen MR) is 51.7 cm³/mol. The van der Waals surface area contributed by atoms with Gasteiger partial charge in [0.2, 0.25) is 0 Å². The number of allylic oxidation sites excluding steroid dienone is 1. The second-order valence-electron chi connectivity index (χ2n) is 2.83. The molecule has 0 rings (SSSR count). The maximum absolute atomic E-state index is 3.73. The van der Waals surface area contributed by atoms with Crippen molar-refractivity contribution in [2.24, 2.45) is 5.92 Å². The topological polar surface area (TPSA) is 12.0 Å². The molecule has 0 saturated heterocycles. The monoisotopic (exact) mass is 153 g/mol. The predicted octanol–water partition coefficient (Wildman–Crippen LogP) is 2.36. The Morgan fingerprint density at radius 1 is 1.36 bits per heavy atom. The smallest absolute Gasteiger partial charge is 0.00144 e. The van der Waals surface area contributed by atoms with Crippen molar-refractivity contribution in [1.82, 2.24) is 5.32 Å². The lowest BCUT2D eigenvalue weighted by Crippen LogP contribution is -2.17. The van der Waals surface area contributed by atoms with Crippen LogP contribution in [0, 0.1) is 5.92 Å². The van der Waals surface area contributed by atoms with Gasteiger partial charge in [0.15, 0.2) is 0 Å². The van der Waals surface area contributed by atoms with Gasteiger partial charge in [-0.1, -0.05) is 19.1 Å². The van der Waals surface area contributed by atoms with E-state index in [1.165, 1.54) is 6.42 Å². The molecule has 0 bridgehead atoms. The summed E-state index contributed by atoms with van der Waals surface area (Å²) in [5.41, 5.74) is 0. The lowest BCUT2D eigenvalue weighted by atomic mass is 10.1. The van der Waals surface area contributed by atoms with Gasteiger partial charge in [0.25, 0.3) is 0 Å². The first-order valence-corrected chi connectivity index (χ1v) is 4.25. The molecule has 0 fully saturated rings. The maximum atomic E-state index is 3.73. The molecule has 64 valence electrons. The highest BCUT2D eigenvalue weighted by Crippen LogP contribution is 1.99. The number of hydrogen-bond acceptors (Lipinski definition) is 1. The van der Waals surface area contributed by atoms with Crippen LogP contribution in [-0.4, -0.2) is 13.1 Å². The van der Waals surface area contributed by atoms with Crippen molar-refractivity contribution in [1.29, 1.82) is 0 Å². The van der Waals surface area contributed by atoms with Gasteiger partial charge in [0, 0.05) is 0 Å². The molecule has 1 unspecified atom stereocenters. The zero-order valence-corrected chi connectivity index (χ0v) is 7.47. The van der Waals surface area contributed by atoms with Gasteiger partial charge in [-0.3, -0.25) is 0 Å². The van der Waals surface area contributed by atoms with Gasteiger partial charge in [-0.05, 0) is 31.8 Å². The minimum atomic E-state index is 0.631. The Kier molecular flexibility index (Phi) is 7.16. The molecule has 1 N–H and O–H groups in total. The van der Waals surface area contributed by atoms with Crippen LogP contribution >= 0.6 is 0 Å². The van der Waals surface area contributed by atoms with Crippen LogP contribution in [0.3, 0.4) is 0 Å². The molecule has 0 aliphatic rings. The van der Waals surface area contributed by atoms with Crippen LogP contribution in [-0.2, 0) is 0 Å². The summed E-state index contributed by atoms with van der Waals surface area (Å²) in [4.78, 5) is 0. The van der Waals surface area contributed by atoms with Gasteiger partial charge in [0.1, 0.15) is 0 Å². The van der Waals surface area contributed by atoms with E-state index in [9.17, 15) is 0 Å². The van der Waals surface area contributed by atoms with Gasteiger partial charge in [-0.25, -0.2) is 0 Å². The molecular weight excluding hydrogens is 134 g/mol. The molecule has 0 heterocycles. The minimum Gasteiger partial charge on any atom is -0.316 e. The average molecular weight is 153 g/mol. The van der Waals surface area contributed by atoms with Gasteiger partial charge in [-0.2, -0.15) is 0 Å². The first-order valence-electron chi connectivity index (χ1n) is 4.25. The molecule has 0 radical (unpaired) electrons. The third-order valence-corrected chi connectivity index (χ3v) is 1.70. The molecule has 0 aromatic heterocycles. The zero-order chi connectivity index (χ0) is 8.53. The van der Waals surface area contributed by atoms with Crippen molar-refractivity contribution in [3.8, 4) is 0 Å². The van der Waals surface area contributed by atoms with Crippen LogP contribution in [0.15, 0.2) is 25.3 Å². The highest BCUT2D eigenvalue weighted by Gasteiger charge is 1.93. The van der Waals surface area contributed by atoms with Crippen molar-refractivity contribution in [3.63, 3.8) is 0 Å². The van der Waals surface area contributed by atoms with E-state index in [0.717, 1.165) is 19.5 Å². The molecule has 0 spiro atoms. The Labute approximate surface area is 70.2 Å². The largest absolute Gasteiger partial charge is 0.316 e. The SMILES string of the molecule is C=CCCNCCC(C)C=C. The Hall–Kier alpha value is -0.560. The van der Waals surface area contributed by atoms with Crippen molar-refractivity contribution in [2.45, 2.75) is 19.8 Å². The van der Waals surface area contributed by atoms with E-state index >= 15 is 0 Å². The van der Waals surface area contributed by atoms with Crippen LogP contribution in [0.4, 0.5) is 0 Å². The normalized spacial score (nSPS) is 12.5. The van der Waals surface area contributed by atoms with Crippen molar-refractivity contribution < 1.29 is 0 Å². The van der Waals surface area contributed by atoms with E-state index in [2.05, 4.69) is 25.4 Å². The van der Waals surface area contributed by atoms with Crippen LogP contribution in [0.25, 0.3) is 0 Å². The van der Waals surface area contributed by atoms with E-state index in [1.807, 2.05) is 12.2 Å². The highest BCUT2D eigenvalue weighted by molar-refractivity contribution is 4.75. The standard InChI is InChI=1S/C10H19N/c1-4-6-8-11-9-7-10(3)5-2/h4-5,10-11H,1-2,6-9H2,3H3. The molecular formula is C10H19N. The number of nitrogens with one attached hydrogen (secondary N) is 1. The summed E-state index contributed by atoms with van der Waals surface area (Å²) in [5.74, 6) is 0.631. The first-order chi connectivity index (χ1) is 5.31. The Bertz CT molecular complexity index is 107. The molecule has 1 atom stereocenters. The first kappa shape index (κ1) is 10.4. The van der Waals surface area contributed by atoms with Crippen LogP contribution in [0.5, 0.6) is 0 Å². The molecule has 1 nitrogen and oxygen atoms in total. The Morgan fingerprint density at radius 2 is 2.09 bits per heavy atom. The zero-order valence-electron chi connectivity index (χ0n) is 7.47. The quantitative estimate of drug-likeness (QED) is 0.437. The lowest BCUT2D eigenvalue weighted by molar-refractivity contribution is 0.579. The van der Waals surface area contributed by atoms with E-state index in [0.29, 0.717) is 5.92 Å². The molecule has 0 aliphatic carbocycles. The summed E-state index contributed by atoms with van der Waals surface area (Å²) in [6.07, 6.45) is 6.17. The molecule has 0 aliphatic heterocycles. The Balaban J connectivity index is 3.01.